The number of fused-ring (bicyclic) bond motifs is 1. The molecule has 6 heteroatoms. The molecule has 0 unspecified atom stereocenters. The zero-order valence-corrected chi connectivity index (χ0v) is 14.9. The Labute approximate surface area is 148 Å². The first-order chi connectivity index (χ1) is 10.3. The molecule has 118 valence electrons. The fourth-order valence-corrected chi connectivity index (χ4v) is 2.70. The van der Waals surface area contributed by atoms with E-state index in [1.54, 1.807) is 6.20 Å². The van der Waals surface area contributed by atoms with Crippen molar-refractivity contribution in [3.63, 3.8) is 0 Å². The molecule has 22 heavy (non-hydrogen) atoms. The molecule has 0 amide bonds. The van der Waals surface area contributed by atoms with Gasteiger partial charge in [-0.2, -0.15) is 5.10 Å². The van der Waals surface area contributed by atoms with Gasteiger partial charge < -0.3 is 11.1 Å². The summed E-state index contributed by atoms with van der Waals surface area (Å²) in [5, 5.41) is 7.33. The SMILES string of the molecule is I.NC(=NCCCn1cccn1)Nc1ccc2c(c1)CCC2. The first-order valence-corrected chi connectivity index (χ1v) is 7.47. The molecular weight excluding hydrogens is 389 g/mol. The number of aliphatic imine (C=N–C) groups is 1. The summed E-state index contributed by atoms with van der Waals surface area (Å²) in [4.78, 5) is 4.35. The van der Waals surface area contributed by atoms with E-state index in [0.717, 1.165) is 18.7 Å². The number of nitrogens with one attached hydrogen (secondary N) is 1. The van der Waals surface area contributed by atoms with Gasteiger partial charge in [-0.1, -0.05) is 6.07 Å². The zero-order valence-electron chi connectivity index (χ0n) is 12.5. The molecule has 0 fully saturated rings. The monoisotopic (exact) mass is 411 g/mol. The summed E-state index contributed by atoms with van der Waals surface area (Å²) in [6, 6.07) is 8.38. The Bertz CT molecular complexity index is 621. The lowest BCUT2D eigenvalue weighted by Gasteiger charge is -2.08. The highest BCUT2D eigenvalue weighted by Gasteiger charge is 2.10. The van der Waals surface area contributed by atoms with Crippen molar-refractivity contribution >= 4 is 35.6 Å². The van der Waals surface area contributed by atoms with Crippen molar-refractivity contribution in [3.05, 3.63) is 47.8 Å². The molecule has 1 aliphatic carbocycles. The van der Waals surface area contributed by atoms with E-state index in [1.165, 1.54) is 30.4 Å². The third kappa shape index (κ3) is 4.46. The highest BCUT2D eigenvalue weighted by atomic mass is 127. The Balaban J connectivity index is 0.00000176. The fourth-order valence-electron chi connectivity index (χ4n) is 2.70. The molecule has 3 N–H and O–H groups in total. The number of hydrogen-bond acceptors (Lipinski definition) is 2. The predicted molar refractivity (Wildman–Crippen MR) is 101 cm³/mol. The van der Waals surface area contributed by atoms with Crippen molar-refractivity contribution in [2.24, 2.45) is 10.7 Å². The number of aryl methyl sites for hydroxylation is 3. The van der Waals surface area contributed by atoms with Crippen LogP contribution in [0.15, 0.2) is 41.7 Å². The lowest BCUT2D eigenvalue weighted by atomic mass is 10.1. The number of aromatic nitrogens is 2. The van der Waals surface area contributed by atoms with E-state index in [9.17, 15) is 0 Å². The van der Waals surface area contributed by atoms with Crippen molar-refractivity contribution in [2.75, 3.05) is 11.9 Å². The van der Waals surface area contributed by atoms with E-state index in [-0.39, 0.29) is 24.0 Å². The maximum Gasteiger partial charge on any atom is 0.193 e. The molecule has 1 aliphatic rings. The first-order valence-electron chi connectivity index (χ1n) is 7.47. The average molecular weight is 411 g/mol. The molecule has 1 heterocycles. The normalized spacial score (nSPS) is 13.5. The summed E-state index contributed by atoms with van der Waals surface area (Å²) in [6.45, 7) is 1.56. The fraction of sp³-hybridized carbons (Fsp3) is 0.375. The number of nitrogens with zero attached hydrogens (tertiary/aromatic N) is 3. The third-order valence-electron chi connectivity index (χ3n) is 3.76. The Kier molecular flexibility index (Phi) is 6.23. The van der Waals surface area contributed by atoms with Gasteiger partial charge in [0.1, 0.15) is 0 Å². The van der Waals surface area contributed by atoms with E-state index >= 15 is 0 Å². The van der Waals surface area contributed by atoms with E-state index in [0.29, 0.717) is 12.5 Å². The second-order valence-electron chi connectivity index (χ2n) is 5.35. The van der Waals surface area contributed by atoms with Crippen LogP contribution in [0.5, 0.6) is 0 Å². The van der Waals surface area contributed by atoms with Gasteiger partial charge in [0.25, 0.3) is 0 Å². The number of guanidine groups is 1. The van der Waals surface area contributed by atoms with Crippen molar-refractivity contribution in [3.8, 4) is 0 Å². The smallest absolute Gasteiger partial charge is 0.193 e. The molecule has 2 aromatic rings. The Hall–Kier alpha value is -1.57. The van der Waals surface area contributed by atoms with Gasteiger partial charge in [-0.05, 0) is 55.0 Å². The summed E-state index contributed by atoms with van der Waals surface area (Å²) < 4.78 is 1.90. The minimum atomic E-state index is 0. The van der Waals surface area contributed by atoms with E-state index in [4.69, 9.17) is 5.73 Å². The molecule has 1 aromatic carbocycles. The number of rotatable bonds is 5. The van der Waals surface area contributed by atoms with Gasteiger partial charge in [0, 0.05) is 31.2 Å². The minimum Gasteiger partial charge on any atom is -0.370 e. The lowest BCUT2D eigenvalue weighted by molar-refractivity contribution is 0.585. The highest BCUT2D eigenvalue weighted by molar-refractivity contribution is 14.0. The van der Waals surface area contributed by atoms with Gasteiger partial charge in [0.05, 0.1) is 0 Å². The summed E-state index contributed by atoms with van der Waals surface area (Å²) in [5.41, 5.74) is 9.86. The molecule has 5 nitrogen and oxygen atoms in total. The molecule has 3 rings (SSSR count). The number of halogens is 1. The summed E-state index contributed by atoms with van der Waals surface area (Å²) in [7, 11) is 0. The summed E-state index contributed by atoms with van der Waals surface area (Å²) in [6.07, 6.45) is 8.30. The zero-order chi connectivity index (χ0) is 14.5. The molecule has 0 spiro atoms. The third-order valence-corrected chi connectivity index (χ3v) is 3.76. The highest BCUT2D eigenvalue weighted by Crippen LogP contribution is 2.24. The van der Waals surface area contributed by atoms with Crippen molar-refractivity contribution in [2.45, 2.75) is 32.2 Å². The van der Waals surface area contributed by atoms with Gasteiger partial charge in [-0.3, -0.25) is 9.67 Å². The van der Waals surface area contributed by atoms with Crippen LogP contribution in [0.1, 0.15) is 24.0 Å². The molecule has 0 bridgehead atoms. The van der Waals surface area contributed by atoms with Gasteiger partial charge >= 0.3 is 0 Å². The van der Waals surface area contributed by atoms with Crippen LogP contribution in [0.3, 0.4) is 0 Å². The van der Waals surface area contributed by atoms with Crippen LogP contribution in [-0.4, -0.2) is 22.3 Å². The minimum absolute atomic E-state index is 0. The van der Waals surface area contributed by atoms with Crippen molar-refractivity contribution in [1.29, 1.82) is 0 Å². The van der Waals surface area contributed by atoms with Crippen LogP contribution in [0, 0.1) is 0 Å². The van der Waals surface area contributed by atoms with Gasteiger partial charge in [0.15, 0.2) is 5.96 Å². The Morgan fingerprint density at radius 2 is 2.18 bits per heavy atom. The molecule has 0 saturated heterocycles. The molecule has 0 atom stereocenters. The molecule has 0 aliphatic heterocycles. The van der Waals surface area contributed by atoms with E-state index < -0.39 is 0 Å². The Morgan fingerprint density at radius 3 is 3.00 bits per heavy atom. The largest absolute Gasteiger partial charge is 0.370 e. The summed E-state index contributed by atoms with van der Waals surface area (Å²) in [5.74, 6) is 0.480. The van der Waals surface area contributed by atoms with Gasteiger partial charge in [0.2, 0.25) is 0 Å². The molecule has 0 radical (unpaired) electrons. The van der Waals surface area contributed by atoms with Crippen LogP contribution < -0.4 is 11.1 Å². The van der Waals surface area contributed by atoms with Crippen molar-refractivity contribution in [1.82, 2.24) is 9.78 Å². The second-order valence-corrected chi connectivity index (χ2v) is 5.35. The summed E-state index contributed by atoms with van der Waals surface area (Å²) >= 11 is 0. The number of nitrogens with two attached hydrogens (primary N) is 1. The van der Waals surface area contributed by atoms with Crippen LogP contribution >= 0.6 is 24.0 Å². The van der Waals surface area contributed by atoms with Crippen molar-refractivity contribution < 1.29 is 0 Å². The van der Waals surface area contributed by atoms with Crippen LogP contribution in [0.25, 0.3) is 0 Å². The number of anilines is 1. The average Bonchev–Trinajstić information content (AvgIpc) is 3.14. The Morgan fingerprint density at radius 1 is 1.32 bits per heavy atom. The van der Waals surface area contributed by atoms with E-state index in [2.05, 4.69) is 33.6 Å². The molecule has 0 saturated carbocycles. The quantitative estimate of drug-likeness (QED) is 0.344. The predicted octanol–water partition coefficient (Wildman–Crippen LogP) is 2.81. The first kappa shape index (κ1) is 16.8. The topological polar surface area (TPSA) is 68.2 Å². The molecule has 1 aromatic heterocycles. The van der Waals surface area contributed by atoms with E-state index in [1.807, 2.05) is 16.9 Å². The van der Waals surface area contributed by atoms with Crippen LogP contribution in [0.4, 0.5) is 5.69 Å². The van der Waals surface area contributed by atoms with Crippen LogP contribution in [-0.2, 0) is 19.4 Å². The van der Waals surface area contributed by atoms with Gasteiger partial charge in [-0.25, -0.2) is 0 Å². The maximum absolute atomic E-state index is 5.93. The lowest BCUT2D eigenvalue weighted by Crippen LogP contribution is -2.23. The number of benzene rings is 1. The maximum atomic E-state index is 5.93. The second kappa shape index (κ2) is 8.17. The van der Waals surface area contributed by atoms with Crippen LogP contribution in [0.2, 0.25) is 0 Å². The standard InChI is InChI=1S/C16H21N5.HI/c17-16(18-8-2-10-21-11-3-9-19-21)20-15-7-6-13-4-1-5-14(13)12-15;/h3,6-7,9,11-12H,1-2,4-5,8,10H2,(H3,17,18,20);1H. The number of hydrogen-bond donors (Lipinski definition) is 2. The van der Waals surface area contributed by atoms with Gasteiger partial charge in [-0.15, -0.1) is 24.0 Å². The molecular formula is C16H22IN5.